The molecule has 0 radical (unpaired) electrons. The summed E-state index contributed by atoms with van der Waals surface area (Å²) in [6.45, 7) is 6.03. The van der Waals surface area contributed by atoms with Crippen molar-refractivity contribution < 1.29 is 0 Å². The van der Waals surface area contributed by atoms with Gasteiger partial charge in [-0.1, -0.05) is 39.5 Å². The lowest BCUT2D eigenvalue weighted by molar-refractivity contribution is 0.0325. The van der Waals surface area contributed by atoms with Crippen LogP contribution in [0.25, 0.3) is 0 Å². The highest BCUT2D eigenvalue weighted by Gasteiger charge is 2.46. The maximum atomic E-state index is 3.63. The Hall–Kier alpha value is -0.0400. The van der Waals surface area contributed by atoms with Gasteiger partial charge in [0.1, 0.15) is 0 Å². The first-order valence-electron chi connectivity index (χ1n) is 5.98. The molecule has 1 heterocycles. The van der Waals surface area contributed by atoms with E-state index in [1.165, 1.54) is 45.1 Å². The smallest absolute Gasteiger partial charge is 0.0159 e. The molecule has 2 rings (SSSR count). The van der Waals surface area contributed by atoms with Gasteiger partial charge >= 0.3 is 0 Å². The fourth-order valence-corrected chi connectivity index (χ4v) is 3.37. The fourth-order valence-electron chi connectivity index (χ4n) is 3.37. The molecule has 76 valence electrons. The minimum atomic E-state index is 0.713. The Kier molecular flexibility index (Phi) is 2.64. The van der Waals surface area contributed by atoms with Crippen LogP contribution in [0.1, 0.15) is 52.4 Å². The third kappa shape index (κ3) is 1.63. The lowest BCUT2D eigenvalue weighted by Crippen LogP contribution is -2.64. The van der Waals surface area contributed by atoms with Crippen LogP contribution in [0, 0.1) is 11.3 Å². The molecule has 0 amide bonds. The van der Waals surface area contributed by atoms with E-state index in [1.807, 2.05) is 0 Å². The molecule has 0 aromatic heterocycles. The van der Waals surface area contributed by atoms with Crippen molar-refractivity contribution in [3.05, 3.63) is 0 Å². The standard InChI is InChI=1S/C12H23N/c1-10(2)11-12(9-13-11)7-5-3-4-6-8-12/h10-11,13H,3-9H2,1-2H3. The van der Waals surface area contributed by atoms with E-state index in [0.29, 0.717) is 5.41 Å². The van der Waals surface area contributed by atoms with Gasteiger partial charge < -0.3 is 5.32 Å². The molecule has 0 aromatic carbocycles. The van der Waals surface area contributed by atoms with Crippen LogP contribution in [0.5, 0.6) is 0 Å². The predicted molar refractivity (Wildman–Crippen MR) is 56.8 cm³/mol. The summed E-state index contributed by atoms with van der Waals surface area (Å²) in [6.07, 6.45) is 8.89. The molecule has 1 aliphatic heterocycles. The molecule has 1 nitrogen and oxygen atoms in total. The van der Waals surface area contributed by atoms with Crippen molar-refractivity contribution in [3.63, 3.8) is 0 Å². The van der Waals surface area contributed by atoms with Gasteiger partial charge in [-0.3, -0.25) is 0 Å². The topological polar surface area (TPSA) is 12.0 Å². The van der Waals surface area contributed by atoms with Crippen LogP contribution in [0.2, 0.25) is 0 Å². The highest BCUT2D eigenvalue weighted by molar-refractivity contribution is 5.03. The minimum Gasteiger partial charge on any atom is -0.313 e. The lowest BCUT2D eigenvalue weighted by atomic mass is 9.64. The fraction of sp³-hybridized carbons (Fsp3) is 1.00. The van der Waals surface area contributed by atoms with Gasteiger partial charge in [0.2, 0.25) is 0 Å². The summed E-state index contributed by atoms with van der Waals surface area (Å²) in [5, 5.41) is 3.63. The van der Waals surface area contributed by atoms with Crippen molar-refractivity contribution in [1.29, 1.82) is 0 Å². The van der Waals surface area contributed by atoms with E-state index in [-0.39, 0.29) is 0 Å². The highest BCUT2D eigenvalue weighted by Crippen LogP contribution is 2.45. The summed E-state index contributed by atoms with van der Waals surface area (Å²) in [7, 11) is 0. The average molecular weight is 181 g/mol. The minimum absolute atomic E-state index is 0.713. The van der Waals surface area contributed by atoms with Crippen LogP contribution < -0.4 is 5.32 Å². The molecule has 0 bridgehead atoms. The van der Waals surface area contributed by atoms with E-state index < -0.39 is 0 Å². The first-order chi connectivity index (χ1) is 6.25. The van der Waals surface area contributed by atoms with Crippen LogP contribution >= 0.6 is 0 Å². The third-order valence-electron chi connectivity index (χ3n) is 4.10. The Bertz CT molecular complexity index is 166. The molecule has 1 N–H and O–H groups in total. The molecule has 1 saturated heterocycles. The molecule has 1 unspecified atom stereocenters. The molecule has 2 aliphatic rings. The second-order valence-electron chi connectivity index (χ2n) is 5.38. The largest absolute Gasteiger partial charge is 0.313 e. The van der Waals surface area contributed by atoms with E-state index in [4.69, 9.17) is 0 Å². The van der Waals surface area contributed by atoms with E-state index in [2.05, 4.69) is 19.2 Å². The van der Waals surface area contributed by atoms with Gasteiger partial charge in [0, 0.05) is 12.6 Å². The van der Waals surface area contributed by atoms with Crippen molar-refractivity contribution >= 4 is 0 Å². The summed E-state index contributed by atoms with van der Waals surface area (Å²) in [5.74, 6) is 0.826. The molecule has 1 saturated carbocycles. The molecular weight excluding hydrogens is 158 g/mol. The maximum absolute atomic E-state index is 3.63. The van der Waals surface area contributed by atoms with Gasteiger partial charge in [-0.25, -0.2) is 0 Å². The second-order valence-corrected chi connectivity index (χ2v) is 5.38. The number of nitrogens with one attached hydrogen (secondary N) is 1. The van der Waals surface area contributed by atoms with Gasteiger partial charge in [-0.15, -0.1) is 0 Å². The van der Waals surface area contributed by atoms with Crippen molar-refractivity contribution in [3.8, 4) is 0 Å². The Balaban J connectivity index is 2.01. The molecule has 0 aromatic rings. The average Bonchev–Trinajstić information content (AvgIpc) is 2.26. The van der Waals surface area contributed by atoms with Crippen molar-refractivity contribution in [2.45, 2.75) is 58.4 Å². The quantitative estimate of drug-likeness (QED) is 0.656. The highest BCUT2D eigenvalue weighted by atomic mass is 15.0. The van der Waals surface area contributed by atoms with Crippen LogP contribution in [0.15, 0.2) is 0 Å². The zero-order valence-electron chi connectivity index (χ0n) is 9.10. The molecule has 2 fully saturated rings. The van der Waals surface area contributed by atoms with Gasteiger partial charge in [-0.05, 0) is 24.2 Å². The molecule has 1 heteroatoms. The first-order valence-corrected chi connectivity index (χ1v) is 5.98. The lowest BCUT2D eigenvalue weighted by Gasteiger charge is -2.53. The Morgan fingerprint density at radius 1 is 1.08 bits per heavy atom. The Morgan fingerprint density at radius 2 is 1.69 bits per heavy atom. The Morgan fingerprint density at radius 3 is 2.08 bits per heavy atom. The van der Waals surface area contributed by atoms with E-state index in [9.17, 15) is 0 Å². The van der Waals surface area contributed by atoms with Gasteiger partial charge in [0.25, 0.3) is 0 Å². The van der Waals surface area contributed by atoms with E-state index in [0.717, 1.165) is 12.0 Å². The van der Waals surface area contributed by atoms with Gasteiger partial charge in [0.05, 0.1) is 0 Å². The first kappa shape index (κ1) is 9.51. The second kappa shape index (κ2) is 3.61. The monoisotopic (exact) mass is 181 g/mol. The normalized spacial score (nSPS) is 33.0. The van der Waals surface area contributed by atoms with Crippen LogP contribution in [-0.2, 0) is 0 Å². The molecule has 1 aliphatic carbocycles. The predicted octanol–water partition coefficient (Wildman–Crippen LogP) is 2.95. The van der Waals surface area contributed by atoms with E-state index >= 15 is 0 Å². The third-order valence-corrected chi connectivity index (χ3v) is 4.10. The zero-order valence-corrected chi connectivity index (χ0v) is 9.10. The van der Waals surface area contributed by atoms with Crippen LogP contribution in [0.3, 0.4) is 0 Å². The van der Waals surface area contributed by atoms with Crippen LogP contribution in [0.4, 0.5) is 0 Å². The van der Waals surface area contributed by atoms with Gasteiger partial charge in [0.15, 0.2) is 0 Å². The Labute approximate surface area is 82.3 Å². The number of hydrogen-bond acceptors (Lipinski definition) is 1. The summed E-state index contributed by atoms with van der Waals surface area (Å²) >= 11 is 0. The molecule has 1 atom stereocenters. The molecule has 1 spiro atoms. The van der Waals surface area contributed by atoms with E-state index in [1.54, 1.807) is 0 Å². The zero-order chi connectivity index (χ0) is 9.31. The summed E-state index contributed by atoms with van der Waals surface area (Å²) in [5.41, 5.74) is 0.713. The van der Waals surface area contributed by atoms with Crippen molar-refractivity contribution in [2.24, 2.45) is 11.3 Å². The van der Waals surface area contributed by atoms with Gasteiger partial charge in [-0.2, -0.15) is 0 Å². The summed E-state index contributed by atoms with van der Waals surface area (Å²) in [6, 6.07) is 0.825. The number of rotatable bonds is 1. The van der Waals surface area contributed by atoms with Crippen LogP contribution in [-0.4, -0.2) is 12.6 Å². The maximum Gasteiger partial charge on any atom is 0.0159 e. The summed E-state index contributed by atoms with van der Waals surface area (Å²) < 4.78 is 0. The molecular formula is C12H23N. The summed E-state index contributed by atoms with van der Waals surface area (Å²) in [4.78, 5) is 0. The van der Waals surface area contributed by atoms with Crippen molar-refractivity contribution in [2.75, 3.05) is 6.54 Å². The molecule has 13 heavy (non-hydrogen) atoms. The SMILES string of the molecule is CC(C)C1NCC12CCCCCC2. The van der Waals surface area contributed by atoms with Crippen molar-refractivity contribution in [1.82, 2.24) is 5.32 Å². The number of hydrogen-bond donors (Lipinski definition) is 1.